The Morgan fingerprint density at radius 1 is 1.36 bits per heavy atom. The van der Waals surface area contributed by atoms with Gasteiger partial charge < -0.3 is 20.3 Å². The van der Waals surface area contributed by atoms with Crippen molar-refractivity contribution < 1.29 is 19.1 Å². The van der Waals surface area contributed by atoms with Gasteiger partial charge in [-0.3, -0.25) is 14.4 Å². The number of amides is 3. The number of methoxy groups -OCH3 is 1. The Morgan fingerprint density at radius 2 is 2.14 bits per heavy atom. The molecule has 0 saturated carbocycles. The van der Waals surface area contributed by atoms with Gasteiger partial charge in [-0.05, 0) is 18.2 Å². The summed E-state index contributed by atoms with van der Waals surface area (Å²) < 4.78 is 5.14. The van der Waals surface area contributed by atoms with Crippen LogP contribution >= 0.6 is 11.8 Å². The first kappa shape index (κ1) is 16.2. The molecule has 0 bridgehead atoms. The number of carbonyl (C=O) groups is 3. The summed E-state index contributed by atoms with van der Waals surface area (Å²) in [7, 11) is 1.50. The number of hydrogen-bond acceptors (Lipinski definition) is 5. The number of nitrogens with zero attached hydrogens (tertiary/aromatic N) is 1. The lowest BCUT2D eigenvalue weighted by Gasteiger charge is -2.15. The topological polar surface area (TPSA) is 87.7 Å². The molecule has 0 atom stereocenters. The zero-order valence-corrected chi connectivity index (χ0v) is 13.2. The molecular formula is C14H17N3O4S. The Hall–Kier alpha value is -2.22. The fourth-order valence-corrected chi connectivity index (χ4v) is 2.84. The van der Waals surface area contributed by atoms with E-state index in [4.69, 9.17) is 4.74 Å². The summed E-state index contributed by atoms with van der Waals surface area (Å²) in [5.41, 5.74) is 0.995. The maximum absolute atomic E-state index is 12.0. The van der Waals surface area contributed by atoms with Gasteiger partial charge in [-0.2, -0.15) is 0 Å². The third-order valence-corrected chi connectivity index (χ3v) is 3.87. The Bertz CT molecular complexity index is 606. The maximum Gasteiger partial charge on any atom is 0.282 e. The molecule has 0 radical (unpaired) electrons. The van der Waals surface area contributed by atoms with Gasteiger partial charge in [-0.25, -0.2) is 0 Å². The number of nitrogens with one attached hydrogen (secondary N) is 2. The summed E-state index contributed by atoms with van der Waals surface area (Å²) in [6.07, 6.45) is 0. The second kappa shape index (κ2) is 7.17. The number of ether oxygens (including phenoxy) is 1. The highest BCUT2D eigenvalue weighted by Crippen LogP contribution is 2.28. The van der Waals surface area contributed by atoms with Crippen molar-refractivity contribution >= 4 is 40.2 Å². The summed E-state index contributed by atoms with van der Waals surface area (Å²) in [4.78, 5) is 36.1. The summed E-state index contributed by atoms with van der Waals surface area (Å²) >= 11 is 1.21. The lowest BCUT2D eigenvalue weighted by atomic mass is 10.2. The summed E-state index contributed by atoms with van der Waals surface area (Å²) in [5, 5.41) is 5.26. The molecule has 1 aliphatic rings. The van der Waals surface area contributed by atoms with Gasteiger partial charge >= 0.3 is 0 Å². The number of benzene rings is 1. The van der Waals surface area contributed by atoms with E-state index in [9.17, 15) is 14.4 Å². The molecule has 1 fully saturated rings. The SMILES string of the molecule is COc1ccc(NC(=O)CN2CCSC2=O)cc1NC(C)=O. The van der Waals surface area contributed by atoms with E-state index < -0.39 is 0 Å². The summed E-state index contributed by atoms with van der Waals surface area (Å²) in [6.45, 7) is 1.99. The Kier molecular flexibility index (Phi) is 5.26. The summed E-state index contributed by atoms with van der Waals surface area (Å²) in [5.74, 6) is 0.692. The molecule has 1 heterocycles. The lowest BCUT2D eigenvalue weighted by molar-refractivity contribution is -0.116. The van der Waals surface area contributed by atoms with Crippen molar-refractivity contribution in [2.75, 3.05) is 36.6 Å². The van der Waals surface area contributed by atoms with E-state index in [2.05, 4.69) is 10.6 Å². The number of rotatable bonds is 5. The molecule has 118 valence electrons. The molecule has 0 spiro atoms. The molecule has 1 aromatic carbocycles. The zero-order valence-electron chi connectivity index (χ0n) is 12.3. The van der Waals surface area contributed by atoms with Crippen LogP contribution in [0.4, 0.5) is 16.2 Å². The molecule has 2 rings (SSSR count). The van der Waals surface area contributed by atoms with E-state index in [0.29, 0.717) is 29.4 Å². The highest BCUT2D eigenvalue weighted by Gasteiger charge is 2.23. The first-order valence-electron chi connectivity index (χ1n) is 6.67. The fraction of sp³-hybridized carbons (Fsp3) is 0.357. The van der Waals surface area contributed by atoms with Gasteiger partial charge in [0.2, 0.25) is 11.8 Å². The van der Waals surface area contributed by atoms with Crippen molar-refractivity contribution in [2.45, 2.75) is 6.92 Å². The third kappa shape index (κ3) is 4.14. The highest BCUT2D eigenvalue weighted by atomic mass is 32.2. The fourth-order valence-electron chi connectivity index (χ4n) is 2.02. The van der Waals surface area contributed by atoms with Crippen LogP contribution in [-0.2, 0) is 9.59 Å². The smallest absolute Gasteiger partial charge is 0.282 e. The van der Waals surface area contributed by atoms with Gasteiger partial charge in [0.1, 0.15) is 12.3 Å². The lowest BCUT2D eigenvalue weighted by Crippen LogP contribution is -2.33. The van der Waals surface area contributed by atoms with Gasteiger partial charge in [0.15, 0.2) is 0 Å². The molecule has 22 heavy (non-hydrogen) atoms. The highest BCUT2D eigenvalue weighted by molar-refractivity contribution is 8.13. The van der Waals surface area contributed by atoms with E-state index in [1.807, 2.05) is 0 Å². The van der Waals surface area contributed by atoms with Crippen LogP contribution in [0, 0.1) is 0 Å². The van der Waals surface area contributed by atoms with E-state index in [0.717, 1.165) is 0 Å². The molecule has 8 heteroatoms. The van der Waals surface area contributed by atoms with Gasteiger partial charge in [0.25, 0.3) is 5.24 Å². The molecule has 3 amide bonds. The number of carbonyl (C=O) groups excluding carboxylic acids is 3. The normalized spacial score (nSPS) is 13.9. The predicted molar refractivity (Wildman–Crippen MR) is 85.4 cm³/mol. The largest absolute Gasteiger partial charge is 0.495 e. The van der Waals surface area contributed by atoms with Gasteiger partial charge in [-0.1, -0.05) is 11.8 Å². The first-order chi connectivity index (χ1) is 10.5. The van der Waals surface area contributed by atoms with E-state index >= 15 is 0 Å². The Balaban J connectivity index is 2.03. The van der Waals surface area contributed by atoms with Crippen molar-refractivity contribution in [3.63, 3.8) is 0 Å². The predicted octanol–water partition coefficient (Wildman–Crippen LogP) is 1.76. The van der Waals surface area contributed by atoms with Crippen LogP contribution in [-0.4, -0.2) is 47.9 Å². The minimum atomic E-state index is -0.283. The average Bonchev–Trinajstić information content (AvgIpc) is 2.84. The average molecular weight is 323 g/mol. The Labute approximate surface area is 132 Å². The number of anilines is 2. The maximum atomic E-state index is 12.0. The second-order valence-corrected chi connectivity index (χ2v) is 5.73. The quantitative estimate of drug-likeness (QED) is 0.862. The van der Waals surface area contributed by atoms with Crippen LogP contribution in [0.1, 0.15) is 6.92 Å². The van der Waals surface area contributed by atoms with Crippen molar-refractivity contribution in [1.29, 1.82) is 0 Å². The van der Waals surface area contributed by atoms with Crippen molar-refractivity contribution in [1.82, 2.24) is 4.90 Å². The van der Waals surface area contributed by atoms with Crippen molar-refractivity contribution in [2.24, 2.45) is 0 Å². The number of hydrogen-bond donors (Lipinski definition) is 2. The standard InChI is InChI=1S/C14H17N3O4S/c1-9(18)15-11-7-10(3-4-12(11)21-2)16-13(19)8-17-5-6-22-14(17)20/h3-4,7H,5-6,8H2,1-2H3,(H,15,18)(H,16,19). The molecule has 0 unspecified atom stereocenters. The van der Waals surface area contributed by atoms with Crippen LogP contribution < -0.4 is 15.4 Å². The van der Waals surface area contributed by atoms with Crippen molar-refractivity contribution in [3.8, 4) is 5.75 Å². The number of thioether (sulfide) groups is 1. The first-order valence-corrected chi connectivity index (χ1v) is 7.65. The van der Waals surface area contributed by atoms with Crippen LogP contribution in [0.15, 0.2) is 18.2 Å². The zero-order chi connectivity index (χ0) is 16.1. The van der Waals surface area contributed by atoms with E-state index in [1.165, 1.54) is 30.7 Å². The molecule has 0 aliphatic carbocycles. The van der Waals surface area contributed by atoms with Crippen LogP contribution in [0.25, 0.3) is 0 Å². The third-order valence-electron chi connectivity index (χ3n) is 2.97. The van der Waals surface area contributed by atoms with Crippen LogP contribution in [0.5, 0.6) is 5.75 Å². The van der Waals surface area contributed by atoms with E-state index in [1.54, 1.807) is 18.2 Å². The molecule has 7 nitrogen and oxygen atoms in total. The molecule has 1 aromatic rings. The van der Waals surface area contributed by atoms with Gasteiger partial charge in [-0.15, -0.1) is 0 Å². The van der Waals surface area contributed by atoms with Gasteiger partial charge in [0, 0.05) is 24.9 Å². The second-order valence-electron chi connectivity index (χ2n) is 4.68. The molecule has 1 aliphatic heterocycles. The molecular weight excluding hydrogens is 306 g/mol. The molecule has 0 aromatic heterocycles. The van der Waals surface area contributed by atoms with E-state index in [-0.39, 0.29) is 23.6 Å². The minimum Gasteiger partial charge on any atom is -0.495 e. The van der Waals surface area contributed by atoms with Gasteiger partial charge in [0.05, 0.1) is 12.8 Å². The van der Waals surface area contributed by atoms with Crippen molar-refractivity contribution in [3.05, 3.63) is 18.2 Å². The Morgan fingerprint density at radius 3 is 2.73 bits per heavy atom. The monoisotopic (exact) mass is 323 g/mol. The minimum absolute atomic E-state index is 0.0212. The summed E-state index contributed by atoms with van der Waals surface area (Å²) in [6, 6.07) is 4.93. The van der Waals surface area contributed by atoms with Crippen LogP contribution in [0.3, 0.4) is 0 Å². The van der Waals surface area contributed by atoms with Crippen LogP contribution in [0.2, 0.25) is 0 Å². The molecule has 2 N–H and O–H groups in total. The molecule has 1 saturated heterocycles.